The van der Waals surface area contributed by atoms with E-state index < -0.39 is 0 Å². The van der Waals surface area contributed by atoms with E-state index in [1.807, 2.05) is 0 Å². The summed E-state index contributed by atoms with van der Waals surface area (Å²) in [6.45, 7) is 2.16. The van der Waals surface area contributed by atoms with Crippen LogP contribution in [0.4, 0.5) is 0 Å². The molecule has 20 heavy (non-hydrogen) atoms. The van der Waals surface area contributed by atoms with E-state index in [1.165, 1.54) is 20.9 Å². The molecule has 0 aliphatic carbocycles. The van der Waals surface area contributed by atoms with Gasteiger partial charge >= 0.3 is 143 Å². The predicted octanol–water partition coefficient (Wildman–Crippen LogP) is 2.59. The van der Waals surface area contributed by atoms with Gasteiger partial charge in [0.1, 0.15) is 0 Å². The Morgan fingerprint density at radius 3 is 1.80 bits per heavy atom. The van der Waals surface area contributed by atoms with Gasteiger partial charge in [-0.15, -0.1) is 0 Å². The summed E-state index contributed by atoms with van der Waals surface area (Å²) in [5.41, 5.74) is 1.37. The average Bonchev–Trinajstić information content (AvgIpc) is 2.49. The molecule has 1 nitrogen and oxygen atoms in total. The summed E-state index contributed by atoms with van der Waals surface area (Å²) in [4.78, 5) is 0. The van der Waals surface area contributed by atoms with Crippen molar-refractivity contribution in [1.82, 2.24) is 0 Å². The third-order valence-corrected chi connectivity index (χ3v) is 9.18. The van der Waals surface area contributed by atoms with Crippen LogP contribution in [-0.4, -0.2) is 49.0 Å². The van der Waals surface area contributed by atoms with Crippen molar-refractivity contribution in [1.29, 1.82) is 0 Å². The zero-order valence-electron chi connectivity index (χ0n) is 12.0. The number of hydrogen-bond donors (Lipinski definition) is 0. The zero-order chi connectivity index (χ0) is 14.2. The van der Waals surface area contributed by atoms with Gasteiger partial charge in [-0.25, -0.2) is 0 Å². The van der Waals surface area contributed by atoms with E-state index in [0.717, 1.165) is 5.75 Å². The molecule has 106 valence electrons. The molecular formula is C17H20OTe2. The van der Waals surface area contributed by atoms with Crippen LogP contribution >= 0.6 is 0 Å². The summed E-state index contributed by atoms with van der Waals surface area (Å²) in [5.74, 6) is 0.965. The van der Waals surface area contributed by atoms with Crippen LogP contribution in [0.5, 0.6) is 5.75 Å². The van der Waals surface area contributed by atoms with Crippen LogP contribution in [0.15, 0.2) is 48.5 Å². The Balaban J connectivity index is 1.64. The first-order valence-electron chi connectivity index (χ1n) is 6.74. The Morgan fingerprint density at radius 2 is 1.30 bits per heavy atom. The molecule has 2 rings (SSSR count). The van der Waals surface area contributed by atoms with Crippen molar-refractivity contribution in [2.45, 2.75) is 22.3 Å². The molecule has 0 spiro atoms. The molecule has 2 aromatic carbocycles. The number of hydrogen-bond acceptors (Lipinski definition) is 1. The van der Waals surface area contributed by atoms with Gasteiger partial charge in [-0.2, -0.15) is 0 Å². The molecule has 0 heterocycles. The minimum atomic E-state index is 0.00435. The van der Waals surface area contributed by atoms with E-state index in [0.29, 0.717) is 0 Å². The molecule has 0 aliphatic rings. The van der Waals surface area contributed by atoms with Crippen molar-refractivity contribution in [3.63, 3.8) is 0 Å². The van der Waals surface area contributed by atoms with E-state index in [2.05, 4.69) is 55.5 Å². The van der Waals surface area contributed by atoms with Gasteiger partial charge < -0.3 is 0 Å². The maximum absolute atomic E-state index is 5.19. The number of benzene rings is 2. The number of methoxy groups -OCH3 is 1. The third kappa shape index (κ3) is 5.67. The number of aryl methyl sites for hydroxylation is 1. The van der Waals surface area contributed by atoms with E-state index in [4.69, 9.17) is 4.74 Å². The summed E-state index contributed by atoms with van der Waals surface area (Å²) in [5, 5.41) is 0. The summed E-state index contributed by atoms with van der Waals surface area (Å²) in [7, 11) is 1.72. The maximum atomic E-state index is 5.19. The van der Waals surface area contributed by atoms with E-state index in [9.17, 15) is 0 Å². The van der Waals surface area contributed by atoms with Crippen LogP contribution < -0.4 is 12.0 Å². The van der Waals surface area contributed by atoms with Crippen molar-refractivity contribution >= 4 is 49.1 Å². The minimum absolute atomic E-state index is 0.00435. The Kier molecular flexibility index (Phi) is 7.26. The molecule has 0 saturated heterocycles. The number of ether oxygens (including phenoxy) is 1. The molecule has 0 atom stereocenters. The van der Waals surface area contributed by atoms with E-state index in [1.54, 1.807) is 14.3 Å². The molecule has 2 aromatic rings. The Morgan fingerprint density at radius 1 is 0.800 bits per heavy atom. The Hall–Kier alpha value is -0.181. The van der Waals surface area contributed by atoms with Crippen LogP contribution in [0.3, 0.4) is 0 Å². The molecule has 0 fully saturated rings. The second kappa shape index (κ2) is 8.96. The fourth-order valence-corrected chi connectivity index (χ4v) is 8.38. The first kappa shape index (κ1) is 16.2. The first-order chi connectivity index (χ1) is 9.78. The van der Waals surface area contributed by atoms with Crippen LogP contribution in [0.2, 0.25) is 8.94 Å². The molecule has 0 radical (unpaired) electrons. The summed E-state index contributed by atoms with van der Waals surface area (Å²) < 4.78 is 11.2. The normalized spacial score (nSPS) is 10.5. The van der Waals surface area contributed by atoms with Crippen LogP contribution in [0.1, 0.15) is 12.0 Å². The second-order valence-electron chi connectivity index (χ2n) is 4.54. The van der Waals surface area contributed by atoms with Crippen LogP contribution in [-0.2, 0) is 0 Å². The monoisotopic (exact) mass is 500 g/mol. The second-order valence-corrected chi connectivity index (χ2v) is 11.2. The van der Waals surface area contributed by atoms with Gasteiger partial charge in [-0.1, -0.05) is 0 Å². The van der Waals surface area contributed by atoms with E-state index in [-0.39, 0.29) is 41.8 Å². The summed E-state index contributed by atoms with van der Waals surface area (Å²) in [6, 6.07) is 17.8. The number of rotatable bonds is 7. The topological polar surface area (TPSA) is 9.23 Å². The fraction of sp³-hybridized carbons (Fsp3) is 0.294. The van der Waals surface area contributed by atoms with Gasteiger partial charge in [0, 0.05) is 0 Å². The molecule has 0 amide bonds. The molecule has 0 bridgehead atoms. The molecule has 0 unspecified atom stereocenters. The Labute approximate surface area is 142 Å². The van der Waals surface area contributed by atoms with Gasteiger partial charge in [-0.3, -0.25) is 0 Å². The average molecular weight is 496 g/mol. The van der Waals surface area contributed by atoms with Crippen LogP contribution in [0.25, 0.3) is 0 Å². The SMILES string of the molecule is COc1ccc([Te]CCC[Te]c2ccc(C)cc2)cc1. The first-order valence-corrected chi connectivity index (χ1v) is 12.4. The van der Waals surface area contributed by atoms with Crippen molar-refractivity contribution < 1.29 is 4.74 Å². The van der Waals surface area contributed by atoms with Crippen molar-refractivity contribution in [2.24, 2.45) is 0 Å². The molecule has 0 N–H and O–H groups in total. The van der Waals surface area contributed by atoms with E-state index >= 15 is 0 Å². The van der Waals surface area contributed by atoms with Crippen molar-refractivity contribution in [2.75, 3.05) is 7.11 Å². The van der Waals surface area contributed by atoms with Gasteiger partial charge in [0.2, 0.25) is 0 Å². The summed E-state index contributed by atoms with van der Waals surface area (Å²) in [6.07, 6.45) is 1.41. The van der Waals surface area contributed by atoms with Gasteiger partial charge in [0.25, 0.3) is 0 Å². The van der Waals surface area contributed by atoms with Crippen molar-refractivity contribution in [3.05, 3.63) is 54.1 Å². The summed E-state index contributed by atoms with van der Waals surface area (Å²) >= 11 is 0.0477. The molecule has 0 saturated carbocycles. The fourth-order valence-electron chi connectivity index (χ4n) is 1.75. The quantitative estimate of drug-likeness (QED) is 0.424. The molecule has 0 aromatic heterocycles. The zero-order valence-corrected chi connectivity index (χ0v) is 16.6. The molecule has 0 aliphatic heterocycles. The van der Waals surface area contributed by atoms with Gasteiger partial charge in [-0.05, 0) is 0 Å². The standard InChI is InChI=1S/C17H20OTe2/c1-14-4-8-16(9-5-14)19-12-3-13-20-17-10-6-15(18-2)7-11-17/h4-11H,3,12-13H2,1-2H3. The molecule has 3 heteroatoms. The van der Waals surface area contributed by atoms with Crippen molar-refractivity contribution in [3.8, 4) is 5.75 Å². The predicted molar refractivity (Wildman–Crippen MR) is 89.2 cm³/mol. The van der Waals surface area contributed by atoms with Crippen LogP contribution in [0, 0.1) is 6.92 Å². The molecular weight excluding hydrogens is 475 g/mol. The Bertz CT molecular complexity index is 506. The van der Waals surface area contributed by atoms with Gasteiger partial charge in [0.15, 0.2) is 0 Å². The van der Waals surface area contributed by atoms with Gasteiger partial charge in [0.05, 0.1) is 0 Å². The third-order valence-electron chi connectivity index (χ3n) is 2.91.